The average Bonchev–Trinajstić information content (AvgIpc) is 2.33. The van der Waals surface area contributed by atoms with Crippen LogP contribution < -0.4 is 0 Å². The standard InChI is InChI=1S/C14H18N2/c1-16-8-6-13(7-9-16)10-12-2-4-14(11-15)5-3-12/h2-5,13H,6-10H2,1H3. The average molecular weight is 214 g/mol. The molecule has 2 heteroatoms. The van der Waals surface area contributed by atoms with E-state index in [0.29, 0.717) is 0 Å². The van der Waals surface area contributed by atoms with Crippen LogP contribution in [0.3, 0.4) is 0 Å². The molecule has 2 rings (SSSR count). The van der Waals surface area contributed by atoms with Crippen molar-refractivity contribution < 1.29 is 0 Å². The minimum Gasteiger partial charge on any atom is -0.306 e. The number of likely N-dealkylation sites (tertiary alicyclic amines) is 1. The van der Waals surface area contributed by atoms with E-state index < -0.39 is 0 Å². The quantitative estimate of drug-likeness (QED) is 0.756. The van der Waals surface area contributed by atoms with Crippen molar-refractivity contribution in [2.24, 2.45) is 5.92 Å². The molecule has 16 heavy (non-hydrogen) atoms. The van der Waals surface area contributed by atoms with Gasteiger partial charge in [0.05, 0.1) is 11.6 Å². The normalized spacial score (nSPS) is 18.2. The van der Waals surface area contributed by atoms with Gasteiger partial charge in [-0.1, -0.05) is 12.1 Å². The van der Waals surface area contributed by atoms with Gasteiger partial charge in [-0.05, 0) is 63.0 Å². The van der Waals surface area contributed by atoms with Gasteiger partial charge in [0.2, 0.25) is 0 Å². The summed E-state index contributed by atoms with van der Waals surface area (Å²) in [5.41, 5.74) is 2.13. The Morgan fingerprint density at radius 1 is 1.25 bits per heavy atom. The van der Waals surface area contributed by atoms with E-state index in [1.807, 2.05) is 12.1 Å². The molecule has 1 aliphatic heterocycles. The van der Waals surface area contributed by atoms with Crippen molar-refractivity contribution in [2.75, 3.05) is 20.1 Å². The van der Waals surface area contributed by atoms with Gasteiger partial charge in [-0.25, -0.2) is 0 Å². The molecule has 0 amide bonds. The van der Waals surface area contributed by atoms with Gasteiger partial charge in [-0.2, -0.15) is 5.26 Å². The van der Waals surface area contributed by atoms with E-state index in [4.69, 9.17) is 5.26 Å². The van der Waals surface area contributed by atoms with Crippen LogP contribution in [0.4, 0.5) is 0 Å². The smallest absolute Gasteiger partial charge is 0.0991 e. The summed E-state index contributed by atoms with van der Waals surface area (Å²) in [6, 6.07) is 10.2. The van der Waals surface area contributed by atoms with Crippen molar-refractivity contribution in [3.05, 3.63) is 35.4 Å². The summed E-state index contributed by atoms with van der Waals surface area (Å²) in [6.07, 6.45) is 3.77. The molecule has 2 nitrogen and oxygen atoms in total. The van der Waals surface area contributed by atoms with Crippen LogP contribution in [0.25, 0.3) is 0 Å². The second-order valence-electron chi connectivity index (χ2n) is 4.76. The van der Waals surface area contributed by atoms with Gasteiger partial charge >= 0.3 is 0 Å². The molecule has 0 spiro atoms. The minimum absolute atomic E-state index is 0.757. The molecule has 0 unspecified atom stereocenters. The van der Waals surface area contributed by atoms with Crippen LogP contribution in [0.2, 0.25) is 0 Å². The van der Waals surface area contributed by atoms with Gasteiger partial charge in [0.1, 0.15) is 0 Å². The molecular weight excluding hydrogens is 196 g/mol. The van der Waals surface area contributed by atoms with Crippen molar-refractivity contribution in [2.45, 2.75) is 19.3 Å². The second-order valence-corrected chi connectivity index (χ2v) is 4.76. The second kappa shape index (κ2) is 5.14. The predicted octanol–water partition coefficient (Wildman–Crippen LogP) is 2.44. The molecule has 1 aromatic rings. The first kappa shape index (κ1) is 11.2. The molecule has 0 aromatic heterocycles. The first-order valence-electron chi connectivity index (χ1n) is 5.95. The third-order valence-corrected chi connectivity index (χ3v) is 3.45. The summed E-state index contributed by atoms with van der Waals surface area (Å²) >= 11 is 0. The van der Waals surface area contributed by atoms with Gasteiger partial charge in [-0.15, -0.1) is 0 Å². The Hall–Kier alpha value is -1.33. The highest BCUT2D eigenvalue weighted by Gasteiger charge is 2.16. The summed E-state index contributed by atoms with van der Waals surface area (Å²) in [4.78, 5) is 2.40. The molecule has 1 aromatic carbocycles. The lowest BCUT2D eigenvalue weighted by molar-refractivity contribution is 0.219. The van der Waals surface area contributed by atoms with Gasteiger partial charge in [0.15, 0.2) is 0 Å². The molecule has 0 bridgehead atoms. The molecule has 0 radical (unpaired) electrons. The third-order valence-electron chi connectivity index (χ3n) is 3.45. The molecule has 1 heterocycles. The fourth-order valence-corrected chi connectivity index (χ4v) is 2.31. The van der Waals surface area contributed by atoms with Gasteiger partial charge in [0, 0.05) is 0 Å². The van der Waals surface area contributed by atoms with Crippen LogP contribution in [0.1, 0.15) is 24.0 Å². The van der Waals surface area contributed by atoms with Crippen molar-refractivity contribution in [1.29, 1.82) is 5.26 Å². The van der Waals surface area contributed by atoms with Crippen molar-refractivity contribution >= 4 is 0 Å². The lowest BCUT2D eigenvalue weighted by Crippen LogP contribution is -2.30. The van der Waals surface area contributed by atoms with Crippen LogP contribution >= 0.6 is 0 Å². The topological polar surface area (TPSA) is 27.0 Å². The number of nitriles is 1. The number of hydrogen-bond donors (Lipinski definition) is 0. The van der Waals surface area contributed by atoms with E-state index in [1.165, 1.54) is 37.9 Å². The molecule has 0 aliphatic carbocycles. The van der Waals surface area contributed by atoms with E-state index in [-0.39, 0.29) is 0 Å². The Balaban J connectivity index is 1.91. The minimum atomic E-state index is 0.757. The van der Waals surface area contributed by atoms with Crippen LogP contribution in [-0.2, 0) is 6.42 Å². The Morgan fingerprint density at radius 3 is 2.44 bits per heavy atom. The molecule has 1 aliphatic rings. The molecule has 84 valence electrons. The Labute approximate surface area is 97.5 Å². The third kappa shape index (κ3) is 2.84. The highest BCUT2D eigenvalue weighted by atomic mass is 15.1. The van der Waals surface area contributed by atoms with Crippen molar-refractivity contribution in [1.82, 2.24) is 4.90 Å². The first-order chi connectivity index (χ1) is 7.78. The number of rotatable bonds is 2. The van der Waals surface area contributed by atoms with Crippen LogP contribution in [-0.4, -0.2) is 25.0 Å². The van der Waals surface area contributed by atoms with Crippen LogP contribution in [0.5, 0.6) is 0 Å². The number of benzene rings is 1. The molecule has 0 N–H and O–H groups in total. The maximum Gasteiger partial charge on any atom is 0.0991 e. The van der Waals surface area contributed by atoms with Gasteiger partial charge in [0.25, 0.3) is 0 Å². The summed E-state index contributed by atoms with van der Waals surface area (Å²) < 4.78 is 0. The zero-order valence-corrected chi connectivity index (χ0v) is 9.82. The molecule has 1 saturated heterocycles. The maximum atomic E-state index is 8.72. The lowest BCUT2D eigenvalue weighted by Gasteiger charge is -2.28. The Bertz CT molecular complexity index is 367. The van der Waals surface area contributed by atoms with Crippen molar-refractivity contribution in [3.8, 4) is 6.07 Å². The van der Waals surface area contributed by atoms with E-state index in [0.717, 1.165) is 11.5 Å². The SMILES string of the molecule is CN1CCC(Cc2ccc(C#N)cc2)CC1. The number of piperidine rings is 1. The van der Waals surface area contributed by atoms with E-state index in [2.05, 4.69) is 30.1 Å². The number of nitrogens with zero attached hydrogens (tertiary/aromatic N) is 2. The van der Waals surface area contributed by atoms with E-state index in [1.54, 1.807) is 0 Å². The Kier molecular flexibility index (Phi) is 3.58. The molecule has 0 atom stereocenters. The zero-order valence-electron chi connectivity index (χ0n) is 9.82. The molecule has 1 fully saturated rings. The monoisotopic (exact) mass is 214 g/mol. The fraction of sp³-hybridized carbons (Fsp3) is 0.500. The lowest BCUT2D eigenvalue weighted by atomic mass is 9.90. The summed E-state index contributed by atoms with van der Waals surface area (Å²) in [7, 11) is 2.19. The van der Waals surface area contributed by atoms with Gasteiger partial charge in [-0.3, -0.25) is 0 Å². The van der Waals surface area contributed by atoms with E-state index >= 15 is 0 Å². The summed E-state index contributed by atoms with van der Waals surface area (Å²) in [5.74, 6) is 0.823. The highest BCUT2D eigenvalue weighted by Crippen LogP contribution is 2.20. The number of hydrogen-bond acceptors (Lipinski definition) is 2. The van der Waals surface area contributed by atoms with Gasteiger partial charge < -0.3 is 4.90 Å². The van der Waals surface area contributed by atoms with Crippen LogP contribution in [0.15, 0.2) is 24.3 Å². The summed E-state index contributed by atoms with van der Waals surface area (Å²) in [6.45, 7) is 2.45. The Morgan fingerprint density at radius 2 is 1.88 bits per heavy atom. The summed E-state index contributed by atoms with van der Waals surface area (Å²) in [5, 5.41) is 8.72. The molecular formula is C14H18N2. The van der Waals surface area contributed by atoms with Crippen molar-refractivity contribution in [3.63, 3.8) is 0 Å². The molecule has 0 saturated carbocycles. The van der Waals surface area contributed by atoms with Crippen LogP contribution in [0, 0.1) is 17.2 Å². The zero-order chi connectivity index (χ0) is 11.4. The maximum absolute atomic E-state index is 8.72. The predicted molar refractivity (Wildman–Crippen MR) is 65.1 cm³/mol. The fourth-order valence-electron chi connectivity index (χ4n) is 2.31. The largest absolute Gasteiger partial charge is 0.306 e. The first-order valence-corrected chi connectivity index (χ1v) is 5.95. The van der Waals surface area contributed by atoms with E-state index in [9.17, 15) is 0 Å². The highest BCUT2D eigenvalue weighted by molar-refractivity contribution is 5.31.